The Kier molecular flexibility index (Phi) is 4.61. The van der Waals surface area contributed by atoms with Crippen molar-refractivity contribution in [3.63, 3.8) is 0 Å². The van der Waals surface area contributed by atoms with E-state index in [1.54, 1.807) is 31.2 Å². The molecule has 3 rings (SSSR count). The molecule has 1 aromatic carbocycles. The van der Waals surface area contributed by atoms with Gasteiger partial charge in [-0.15, -0.1) is 0 Å². The lowest BCUT2D eigenvalue weighted by molar-refractivity contribution is 0.0695. The lowest BCUT2D eigenvalue weighted by atomic mass is 10.1. The fourth-order valence-corrected chi connectivity index (χ4v) is 2.75. The Morgan fingerprint density at radius 1 is 1.38 bits per heavy atom. The van der Waals surface area contributed by atoms with Crippen LogP contribution in [0.25, 0.3) is 5.69 Å². The number of carboxylic acids is 1. The Bertz CT molecular complexity index is 746. The first-order chi connectivity index (χ1) is 11.6. The van der Waals surface area contributed by atoms with Gasteiger partial charge < -0.3 is 15.2 Å². The number of aromatic carboxylic acids is 1. The minimum atomic E-state index is -1.01. The molecular weight excluding hydrogens is 310 g/mol. The number of ether oxygens (including phenoxy) is 1. The van der Waals surface area contributed by atoms with Gasteiger partial charge in [-0.2, -0.15) is 5.10 Å². The van der Waals surface area contributed by atoms with Crippen LogP contribution in [0, 0.1) is 6.92 Å². The molecule has 1 aliphatic rings. The minimum Gasteiger partial charge on any atom is -0.478 e. The van der Waals surface area contributed by atoms with E-state index < -0.39 is 5.97 Å². The Morgan fingerprint density at radius 2 is 2.12 bits per heavy atom. The molecule has 2 heterocycles. The highest BCUT2D eigenvalue weighted by molar-refractivity contribution is 5.94. The zero-order valence-electron chi connectivity index (χ0n) is 13.4. The van der Waals surface area contributed by atoms with Crippen LogP contribution in [0.1, 0.15) is 39.3 Å². The number of nitrogens with one attached hydrogen (secondary N) is 1. The van der Waals surface area contributed by atoms with Gasteiger partial charge in [-0.25, -0.2) is 9.48 Å². The molecule has 0 bridgehead atoms. The molecule has 0 aliphatic carbocycles. The van der Waals surface area contributed by atoms with Crippen LogP contribution in [0.15, 0.2) is 30.5 Å². The Morgan fingerprint density at radius 3 is 2.71 bits per heavy atom. The van der Waals surface area contributed by atoms with Crippen LogP contribution < -0.4 is 5.32 Å². The summed E-state index contributed by atoms with van der Waals surface area (Å²) >= 11 is 0. The standard InChI is InChI=1S/C17H19N3O4/c1-11-15(17(22)23)10-19-20(11)13-6-4-12(5-7-13)16(21)18-9-14-3-2-8-24-14/h4-7,10,14H,2-3,8-9H2,1H3,(H,18,21)(H,22,23). The van der Waals surface area contributed by atoms with E-state index >= 15 is 0 Å². The third-order valence-electron chi connectivity index (χ3n) is 4.13. The summed E-state index contributed by atoms with van der Waals surface area (Å²) in [5, 5.41) is 16.0. The molecule has 24 heavy (non-hydrogen) atoms. The smallest absolute Gasteiger partial charge is 0.339 e. The summed E-state index contributed by atoms with van der Waals surface area (Å²) < 4.78 is 7.02. The molecule has 2 aromatic rings. The second-order valence-corrected chi connectivity index (χ2v) is 5.75. The fourth-order valence-electron chi connectivity index (χ4n) is 2.75. The number of carbonyl (C=O) groups is 2. The summed E-state index contributed by atoms with van der Waals surface area (Å²) in [4.78, 5) is 23.2. The summed E-state index contributed by atoms with van der Waals surface area (Å²) in [6.45, 7) is 2.97. The maximum atomic E-state index is 12.1. The van der Waals surface area contributed by atoms with Gasteiger partial charge in [0.25, 0.3) is 5.91 Å². The number of carbonyl (C=O) groups excluding carboxylic acids is 1. The van der Waals surface area contributed by atoms with Crippen LogP contribution in [0.4, 0.5) is 0 Å². The average molecular weight is 329 g/mol. The Balaban J connectivity index is 1.68. The minimum absolute atomic E-state index is 0.106. The van der Waals surface area contributed by atoms with Crippen molar-refractivity contribution >= 4 is 11.9 Å². The first-order valence-corrected chi connectivity index (χ1v) is 7.84. The maximum absolute atomic E-state index is 12.1. The SMILES string of the molecule is Cc1c(C(=O)O)cnn1-c1ccc(C(=O)NCC2CCCO2)cc1. The molecule has 1 aliphatic heterocycles. The predicted molar refractivity (Wildman–Crippen MR) is 86.6 cm³/mol. The van der Waals surface area contributed by atoms with Gasteiger partial charge in [0.2, 0.25) is 0 Å². The molecule has 7 heteroatoms. The number of aromatic nitrogens is 2. The molecule has 1 atom stereocenters. The number of hydrogen-bond acceptors (Lipinski definition) is 4. The van der Waals surface area contributed by atoms with Crippen LogP contribution in [0.2, 0.25) is 0 Å². The summed E-state index contributed by atoms with van der Waals surface area (Å²) in [5.41, 5.74) is 1.95. The van der Waals surface area contributed by atoms with Gasteiger partial charge >= 0.3 is 5.97 Å². The molecule has 1 amide bonds. The lowest BCUT2D eigenvalue weighted by Gasteiger charge is -2.11. The van der Waals surface area contributed by atoms with Crippen molar-refractivity contribution in [3.05, 3.63) is 47.3 Å². The van der Waals surface area contributed by atoms with Crippen LogP contribution in [0.3, 0.4) is 0 Å². The number of rotatable bonds is 5. The molecule has 0 spiro atoms. The van der Waals surface area contributed by atoms with E-state index in [1.165, 1.54) is 10.9 Å². The van der Waals surface area contributed by atoms with Crippen molar-refractivity contribution in [1.29, 1.82) is 0 Å². The van der Waals surface area contributed by atoms with Crippen LogP contribution in [-0.4, -0.2) is 46.0 Å². The lowest BCUT2D eigenvalue weighted by Crippen LogP contribution is -2.31. The van der Waals surface area contributed by atoms with Gasteiger partial charge in [0.1, 0.15) is 5.56 Å². The monoisotopic (exact) mass is 329 g/mol. The summed E-state index contributed by atoms with van der Waals surface area (Å²) in [6, 6.07) is 6.88. The zero-order chi connectivity index (χ0) is 17.1. The van der Waals surface area contributed by atoms with E-state index in [9.17, 15) is 9.59 Å². The summed E-state index contributed by atoms with van der Waals surface area (Å²) in [6.07, 6.45) is 3.44. The molecule has 2 N–H and O–H groups in total. The number of hydrogen-bond donors (Lipinski definition) is 2. The second kappa shape index (κ2) is 6.84. The molecule has 1 saturated heterocycles. The highest BCUT2D eigenvalue weighted by atomic mass is 16.5. The molecule has 0 saturated carbocycles. The number of benzene rings is 1. The molecule has 1 aromatic heterocycles. The molecule has 1 unspecified atom stereocenters. The van der Waals surface area contributed by atoms with Crippen LogP contribution >= 0.6 is 0 Å². The van der Waals surface area contributed by atoms with E-state index in [0.717, 1.165) is 19.4 Å². The maximum Gasteiger partial charge on any atom is 0.339 e. The van der Waals surface area contributed by atoms with Crippen LogP contribution in [0.5, 0.6) is 0 Å². The van der Waals surface area contributed by atoms with E-state index in [-0.39, 0.29) is 17.6 Å². The average Bonchev–Trinajstić information content (AvgIpc) is 3.22. The van der Waals surface area contributed by atoms with Gasteiger partial charge in [0, 0.05) is 18.7 Å². The third-order valence-corrected chi connectivity index (χ3v) is 4.13. The second-order valence-electron chi connectivity index (χ2n) is 5.75. The quantitative estimate of drug-likeness (QED) is 0.872. The van der Waals surface area contributed by atoms with Gasteiger partial charge in [0.15, 0.2) is 0 Å². The number of amides is 1. The third kappa shape index (κ3) is 3.30. The van der Waals surface area contributed by atoms with Crippen molar-refractivity contribution < 1.29 is 19.4 Å². The van der Waals surface area contributed by atoms with Gasteiger partial charge in [-0.3, -0.25) is 4.79 Å². The number of nitrogens with zero attached hydrogens (tertiary/aromatic N) is 2. The molecule has 7 nitrogen and oxygen atoms in total. The first kappa shape index (κ1) is 16.2. The van der Waals surface area contributed by atoms with E-state index in [0.29, 0.717) is 23.5 Å². The highest BCUT2D eigenvalue weighted by Crippen LogP contribution is 2.15. The molecule has 0 radical (unpaired) electrons. The Labute approximate surface area is 139 Å². The normalized spacial score (nSPS) is 17.0. The van der Waals surface area contributed by atoms with Crippen molar-refractivity contribution in [3.8, 4) is 5.69 Å². The van der Waals surface area contributed by atoms with Gasteiger partial charge in [-0.05, 0) is 44.0 Å². The summed E-state index contributed by atoms with van der Waals surface area (Å²) in [7, 11) is 0. The topological polar surface area (TPSA) is 93.5 Å². The van der Waals surface area contributed by atoms with Crippen molar-refractivity contribution in [2.45, 2.75) is 25.9 Å². The van der Waals surface area contributed by atoms with E-state index in [1.807, 2.05) is 0 Å². The van der Waals surface area contributed by atoms with Crippen molar-refractivity contribution in [2.24, 2.45) is 0 Å². The van der Waals surface area contributed by atoms with E-state index in [4.69, 9.17) is 9.84 Å². The van der Waals surface area contributed by atoms with Crippen molar-refractivity contribution in [1.82, 2.24) is 15.1 Å². The predicted octanol–water partition coefficient (Wildman–Crippen LogP) is 1.79. The van der Waals surface area contributed by atoms with Crippen LogP contribution in [-0.2, 0) is 4.74 Å². The molecule has 1 fully saturated rings. The summed E-state index contributed by atoms with van der Waals surface area (Å²) in [5.74, 6) is -1.16. The van der Waals surface area contributed by atoms with E-state index in [2.05, 4.69) is 10.4 Å². The number of carboxylic acid groups (broad SMARTS) is 1. The van der Waals surface area contributed by atoms with Crippen molar-refractivity contribution in [2.75, 3.05) is 13.2 Å². The Hall–Kier alpha value is -2.67. The molecule has 126 valence electrons. The molecular formula is C17H19N3O4. The zero-order valence-corrected chi connectivity index (χ0v) is 13.4. The van der Waals surface area contributed by atoms with Gasteiger partial charge in [-0.1, -0.05) is 0 Å². The first-order valence-electron chi connectivity index (χ1n) is 7.84. The van der Waals surface area contributed by atoms with Gasteiger partial charge in [0.05, 0.1) is 23.7 Å². The highest BCUT2D eigenvalue weighted by Gasteiger charge is 2.17. The largest absolute Gasteiger partial charge is 0.478 e. The fraction of sp³-hybridized carbons (Fsp3) is 0.353.